The van der Waals surface area contributed by atoms with Crippen molar-refractivity contribution in [2.75, 3.05) is 6.54 Å². The average molecular weight is 241 g/mol. The summed E-state index contributed by atoms with van der Waals surface area (Å²) >= 11 is 0. The van der Waals surface area contributed by atoms with Gasteiger partial charge in [0.1, 0.15) is 0 Å². The van der Waals surface area contributed by atoms with Crippen LogP contribution < -0.4 is 5.32 Å². The first-order chi connectivity index (χ1) is 8.00. The fourth-order valence-corrected chi connectivity index (χ4v) is 2.20. The molecule has 1 atom stereocenters. The number of hydrogen-bond acceptors (Lipinski definition) is 2. The Kier molecular flexibility index (Phi) is 5.45. The molecule has 1 unspecified atom stereocenters. The van der Waals surface area contributed by atoms with Gasteiger partial charge in [-0.1, -0.05) is 13.8 Å². The van der Waals surface area contributed by atoms with Crippen LogP contribution in [0.2, 0.25) is 0 Å². The highest BCUT2D eigenvalue weighted by molar-refractivity contribution is 5.78. The van der Waals surface area contributed by atoms with E-state index in [4.69, 9.17) is 5.11 Å². The number of carboxylic acid groups (broad SMARTS) is 1. The van der Waals surface area contributed by atoms with Gasteiger partial charge in [0.25, 0.3) is 0 Å². The molecule has 0 aliphatic heterocycles. The summed E-state index contributed by atoms with van der Waals surface area (Å²) in [6.07, 6.45) is 4.71. The van der Waals surface area contributed by atoms with E-state index in [0.29, 0.717) is 13.0 Å². The normalized spacial score (nSPS) is 26.2. The number of carbonyl (C=O) groups is 2. The van der Waals surface area contributed by atoms with Gasteiger partial charge < -0.3 is 10.4 Å². The molecule has 1 saturated carbocycles. The molecular weight excluding hydrogens is 218 g/mol. The van der Waals surface area contributed by atoms with E-state index < -0.39 is 5.97 Å². The number of amides is 1. The van der Waals surface area contributed by atoms with E-state index in [1.165, 1.54) is 0 Å². The SMILES string of the molecule is CC1CCC(C(=O)NCCC(C)C(=O)O)CC1. The third-order valence-corrected chi connectivity index (χ3v) is 3.68. The van der Waals surface area contributed by atoms with E-state index in [1.54, 1.807) is 6.92 Å². The van der Waals surface area contributed by atoms with Crippen LogP contribution in [0.4, 0.5) is 0 Å². The van der Waals surface area contributed by atoms with Gasteiger partial charge in [0.15, 0.2) is 0 Å². The molecule has 1 aliphatic carbocycles. The van der Waals surface area contributed by atoms with Crippen LogP contribution in [0.5, 0.6) is 0 Å². The molecule has 0 radical (unpaired) electrons. The quantitative estimate of drug-likeness (QED) is 0.774. The smallest absolute Gasteiger partial charge is 0.306 e. The van der Waals surface area contributed by atoms with Crippen LogP contribution in [-0.2, 0) is 9.59 Å². The van der Waals surface area contributed by atoms with Crippen LogP contribution in [0.3, 0.4) is 0 Å². The molecule has 1 amide bonds. The van der Waals surface area contributed by atoms with Crippen molar-refractivity contribution >= 4 is 11.9 Å². The lowest BCUT2D eigenvalue weighted by molar-refractivity contribution is -0.141. The third-order valence-electron chi connectivity index (χ3n) is 3.68. The Balaban J connectivity index is 2.19. The maximum atomic E-state index is 11.8. The highest BCUT2D eigenvalue weighted by Crippen LogP contribution is 2.28. The van der Waals surface area contributed by atoms with Crippen LogP contribution >= 0.6 is 0 Å². The molecule has 17 heavy (non-hydrogen) atoms. The second-order valence-electron chi connectivity index (χ2n) is 5.28. The van der Waals surface area contributed by atoms with Crippen molar-refractivity contribution in [1.29, 1.82) is 0 Å². The molecule has 4 nitrogen and oxygen atoms in total. The summed E-state index contributed by atoms with van der Waals surface area (Å²) < 4.78 is 0. The van der Waals surface area contributed by atoms with Crippen molar-refractivity contribution in [1.82, 2.24) is 5.32 Å². The van der Waals surface area contributed by atoms with E-state index >= 15 is 0 Å². The summed E-state index contributed by atoms with van der Waals surface area (Å²) in [6.45, 7) is 4.36. The molecule has 1 fully saturated rings. The molecule has 2 N–H and O–H groups in total. The maximum absolute atomic E-state index is 11.8. The second kappa shape index (κ2) is 6.62. The lowest BCUT2D eigenvalue weighted by atomic mass is 9.82. The van der Waals surface area contributed by atoms with Crippen molar-refractivity contribution in [3.05, 3.63) is 0 Å². The highest BCUT2D eigenvalue weighted by Gasteiger charge is 2.24. The first-order valence-corrected chi connectivity index (χ1v) is 6.51. The Morgan fingerprint density at radius 1 is 1.29 bits per heavy atom. The topological polar surface area (TPSA) is 66.4 Å². The molecule has 0 aromatic rings. The number of rotatable bonds is 5. The first kappa shape index (κ1) is 14.0. The average Bonchev–Trinajstić information content (AvgIpc) is 2.29. The maximum Gasteiger partial charge on any atom is 0.306 e. The molecule has 0 aromatic heterocycles. The second-order valence-corrected chi connectivity index (χ2v) is 5.28. The number of aliphatic carboxylic acids is 1. The van der Waals surface area contributed by atoms with E-state index in [0.717, 1.165) is 31.6 Å². The van der Waals surface area contributed by atoms with Crippen molar-refractivity contribution < 1.29 is 14.7 Å². The number of carbonyl (C=O) groups excluding carboxylic acids is 1. The molecule has 0 heterocycles. The fourth-order valence-electron chi connectivity index (χ4n) is 2.20. The summed E-state index contributed by atoms with van der Waals surface area (Å²) in [5.74, 6) is -0.195. The van der Waals surface area contributed by atoms with Gasteiger partial charge in [0.05, 0.1) is 5.92 Å². The lowest BCUT2D eigenvalue weighted by Gasteiger charge is -2.25. The van der Waals surface area contributed by atoms with Crippen LogP contribution in [0.25, 0.3) is 0 Å². The zero-order valence-corrected chi connectivity index (χ0v) is 10.7. The minimum Gasteiger partial charge on any atom is -0.481 e. The molecule has 1 aliphatic rings. The van der Waals surface area contributed by atoms with E-state index in [9.17, 15) is 9.59 Å². The van der Waals surface area contributed by atoms with Gasteiger partial charge in [-0.05, 0) is 38.0 Å². The molecule has 0 bridgehead atoms. The number of nitrogens with one attached hydrogen (secondary N) is 1. The number of hydrogen-bond donors (Lipinski definition) is 2. The van der Waals surface area contributed by atoms with Crippen LogP contribution in [0.1, 0.15) is 46.0 Å². The van der Waals surface area contributed by atoms with Crippen molar-refractivity contribution in [2.45, 2.75) is 46.0 Å². The van der Waals surface area contributed by atoms with Crippen LogP contribution in [-0.4, -0.2) is 23.5 Å². The molecule has 1 rings (SSSR count). The van der Waals surface area contributed by atoms with Crippen molar-refractivity contribution in [3.63, 3.8) is 0 Å². The van der Waals surface area contributed by atoms with Gasteiger partial charge >= 0.3 is 5.97 Å². The largest absolute Gasteiger partial charge is 0.481 e. The summed E-state index contributed by atoms with van der Waals surface area (Å²) in [6, 6.07) is 0. The van der Waals surface area contributed by atoms with E-state index in [2.05, 4.69) is 12.2 Å². The summed E-state index contributed by atoms with van der Waals surface area (Å²) in [4.78, 5) is 22.4. The predicted octanol–water partition coefficient (Wildman–Crippen LogP) is 2.04. The molecule has 0 spiro atoms. The lowest BCUT2D eigenvalue weighted by Crippen LogP contribution is -2.34. The van der Waals surface area contributed by atoms with Gasteiger partial charge in [0, 0.05) is 12.5 Å². The Morgan fingerprint density at radius 3 is 2.41 bits per heavy atom. The number of carboxylic acids is 1. The van der Waals surface area contributed by atoms with Crippen LogP contribution in [0, 0.1) is 17.8 Å². The molecule has 4 heteroatoms. The van der Waals surface area contributed by atoms with Gasteiger partial charge in [0.2, 0.25) is 5.91 Å². The monoisotopic (exact) mass is 241 g/mol. The van der Waals surface area contributed by atoms with Crippen LogP contribution in [0.15, 0.2) is 0 Å². The van der Waals surface area contributed by atoms with E-state index in [-0.39, 0.29) is 17.7 Å². The molecular formula is C13H23NO3. The Morgan fingerprint density at radius 2 is 1.88 bits per heavy atom. The Labute approximate surface area is 103 Å². The summed E-state index contributed by atoms with van der Waals surface area (Å²) in [5, 5.41) is 11.6. The molecule has 98 valence electrons. The highest BCUT2D eigenvalue weighted by atomic mass is 16.4. The van der Waals surface area contributed by atoms with Gasteiger partial charge in [-0.2, -0.15) is 0 Å². The van der Waals surface area contributed by atoms with Crippen molar-refractivity contribution in [3.8, 4) is 0 Å². The Hall–Kier alpha value is -1.06. The van der Waals surface area contributed by atoms with Gasteiger partial charge in [-0.15, -0.1) is 0 Å². The Bertz CT molecular complexity index is 270. The van der Waals surface area contributed by atoms with Crippen molar-refractivity contribution in [2.24, 2.45) is 17.8 Å². The zero-order valence-electron chi connectivity index (χ0n) is 10.7. The fraction of sp³-hybridized carbons (Fsp3) is 0.846. The molecule has 0 saturated heterocycles. The van der Waals surface area contributed by atoms with Gasteiger partial charge in [-0.25, -0.2) is 0 Å². The zero-order chi connectivity index (χ0) is 12.8. The summed E-state index contributed by atoms with van der Waals surface area (Å²) in [7, 11) is 0. The molecule has 0 aromatic carbocycles. The minimum atomic E-state index is -0.800. The predicted molar refractivity (Wildman–Crippen MR) is 65.5 cm³/mol. The summed E-state index contributed by atoms with van der Waals surface area (Å²) in [5.41, 5.74) is 0. The first-order valence-electron chi connectivity index (χ1n) is 6.51. The minimum absolute atomic E-state index is 0.106. The standard InChI is InChI=1S/C13H23NO3/c1-9-3-5-11(6-4-9)12(15)14-8-7-10(2)13(16)17/h9-11H,3-8H2,1-2H3,(H,14,15)(H,16,17). The van der Waals surface area contributed by atoms with Gasteiger partial charge in [-0.3, -0.25) is 9.59 Å². The third kappa shape index (κ3) is 4.75. The van der Waals surface area contributed by atoms with E-state index in [1.807, 2.05) is 0 Å².